The number of aromatic nitrogens is 2. The lowest BCUT2D eigenvalue weighted by molar-refractivity contribution is 0.240. The third kappa shape index (κ3) is 5.87. The van der Waals surface area contributed by atoms with E-state index in [2.05, 4.69) is 29.6 Å². The number of benzene rings is 2. The van der Waals surface area contributed by atoms with Crippen LogP contribution in [0.3, 0.4) is 0 Å². The molecule has 28 heavy (non-hydrogen) atoms. The zero-order chi connectivity index (χ0) is 19.8. The van der Waals surface area contributed by atoms with Crippen LogP contribution in [0.25, 0.3) is 5.69 Å². The normalized spacial score (nSPS) is 10.7. The van der Waals surface area contributed by atoms with E-state index in [1.165, 1.54) is 0 Å². The molecule has 0 aliphatic rings. The molecule has 1 aromatic heterocycles. The highest BCUT2D eigenvalue weighted by atomic mass is 16.5. The van der Waals surface area contributed by atoms with E-state index in [1.807, 2.05) is 60.8 Å². The second-order valence-corrected chi connectivity index (χ2v) is 7.01. The van der Waals surface area contributed by atoms with Gasteiger partial charge in [-0.1, -0.05) is 38.1 Å². The van der Waals surface area contributed by atoms with Gasteiger partial charge in [-0.2, -0.15) is 5.10 Å². The molecular weight excluding hydrogens is 352 g/mol. The number of carbonyl (C=O) groups excluding carboxylic acids is 1. The lowest BCUT2D eigenvalue weighted by Crippen LogP contribution is -2.34. The maximum absolute atomic E-state index is 12.1. The number of ether oxygens (including phenoxy) is 1. The van der Waals surface area contributed by atoms with Crippen LogP contribution in [0.5, 0.6) is 5.75 Å². The van der Waals surface area contributed by atoms with Gasteiger partial charge in [0.05, 0.1) is 12.3 Å². The van der Waals surface area contributed by atoms with Crippen LogP contribution in [0, 0.1) is 5.92 Å². The van der Waals surface area contributed by atoms with Gasteiger partial charge in [0.25, 0.3) is 0 Å². The van der Waals surface area contributed by atoms with Crippen molar-refractivity contribution in [2.75, 3.05) is 6.61 Å². The molecule has 2 N–H and O–H groups in total. The minimum atomic E-state index is -0.210. The van der Waals surface area contributed by atoms with Crippen LogP contribution in [0.15, 0.2) is 67.0 Å². The largest absolute Gasteiger partial charge is 0.493 e. The van der Waals surface area contributed by atoms with Gasteiger partial charge in [-0.15, -0.1) is 0 Å². The Kier molecular flexibility index (Phi) is 6.68. The molecule has 6 heteroatoms. The van der Waals surface area contributed by atoms with E-state index in [1.54, 1.807) is 10.9 Å². The van der Waals surface area contributed by atoms with Crippen molar-refractivity contribution in [2.45, 2.75) is 26.9 Å². The minimum absolute atomic E-state index is 0.210. The number of hydrogen-bond donors (Lipinski definition) is 2. The highest BCUT2D eigenvalue weighted by Gasteiger charge is 2.04. The Morgan fingerprint density at radius 3 is 2.43 bits per heavy atom. The van der Waals surface area contributed by atoms with Crippen molar-refractivity contribution >= 4 is 6.03 Å². The number of nitrogens with zero attached hydrogens (tertiary/aromatic N) is 2. The van der Waals surface area contributed by atoms with Gasteiger partial charge < -0.3 is 15.4 Å². The molecule has 0 saturated heterocycles. The molecule has 3 rings (SSSR count). The third-order valence-corrected chi connectivity index (χ3v) is 4.07. The van der Waals surface area contributed by atoms with Crippen LogP contribution in [0.1, 0.15) is 25.0 Å². The topological polar surface area (TPSA) is 68.2 Å². The summed E-state index contributed by atoms with van der Waals surface area (Å²) in [6, 6.07) is 17.4. The fraction of sp³-hybridized carbons (Fsp3) is 0.273. The molecule has 1 heterocycles. The molecule has 0 radical (unpaired) electrons. The summed E-state index contributed by atoms with van der Waals surface area (Å²) >= 11 is 0. The summed E-state index contributed by atoms with van der Waals surface area (Å²) < 4.78 is 7.52. The van der Waals surface area contributed by atoms with Crippen molar-refractivity contribution in [2.24, 2.45) is 5.92 Å². The standard InChI is InChI=1S/C22H26N4O2/c1-17(2)16-28-21-9-4-7-19(13-21)15-24-22(27)23-14-18-6-3-8-20(12-18)26-11-5-10-25-26/h3-13,17H,14-16H2,1-2H3,(H2,23,24,27). The third-order valence-electron chi connectivity index (χ3n) is 4.07. The average molecular weight is 378 g/mol. The molecule has 0 unspecified atom stereocenters. The highest BCUT2D eigenvalue weighted by Crippen LogP contribution is 2.14. The van der Waals surface area contributed by atoms with Gasteiger partial charge in [0.2, 0.25) is 0 Å². The summed E-state index contributed by atoms with van der Waals surface area (Å²) in [5.41, 5.74) is 2.97. The number of hydrogen-bond acceptors (Lipinski definition) is 3. The number of carbonyl (C=O) groups is 1. The molecule has 146 valence electrons. The number of nitrogens with one attached hydrogen (secondary N) is 2. The van der Waals surface area contributed by atoms with Crippen LogP contribution in [-0.4, -0.2) is 22.4 Å². The van der Waals surface area contributed by atoms with Crippen molar-refractivity contribution in [3.05, 3.63) is 78.1 Å². The highest BCUT2D eigenvalue weighted by molar-refractivity contribution is 5.73. The van der Waals surface area contributed by atoms with Crippen LogP contribution in [0.4, 0.5) is 4.79 Å². The van der Waals surface area contributed by atoms with E-state index >= 15 is 0 Å². The van der Waals surface area contributed by atoms with Gasteiger partial charge in [0.15, 0.2) is 0 Å². The molecule has 2 aromatic carbocycles. The van der Waals surface area contributed by atoms with E-state index in [0.29, 0.717) is 25.6 Å². The predicted octanol–water partition coefficient (Wildman–Crippen LogP) is 3.91. The van der Waals surface area contributed by atoms with Gasteiger partial charge >= 0.3 is 6.03 Å². The fourth-order valence-corrected chi connectivity index (χ4v) is 2.67. The first kappa shape index (κ1) is 19.5. The van der Waals surface area contributed by atoms with Gasteiger partial charge in [-0.05, 0) is 47.4 Å². The lowest BCUT2D eigenvalue weighted by Gasteiger charge is -2.11. The molecule has 0 bridgehead atoms. The monoisotopic (exact) mass is 378 g/mol. The van der Waals surface area contributed by atoms with Gasteiger partial charge in [0, 0.05) is 25.5 Å². The Bertz CT molecular complexity index is 891. The summed E-state index contributed by atoms with van der Waals surface area (Å²) in [7, 11) is 0. The molecule has 0 aliphatic carbocycles. The van der Waals surface area contributed by atoms with E-state index in [0.717, 1.165) is 22.6 Å². The Labute approximate surface area is 165 Å². The maximum atomic E-state index is 12.1. The summed E-state index contributed by atoms with van der Waals surface area (Å²) in [5, 5.41) is 9.99. The van der Waals surface area contributed by atoms with E-state index in [-0.39, 0.29) is 6.03 Å². The van der Waals surface area contributed by atoms with Crippen LogP contribution >= 0.6 is 0 Å². The van der Waals surface area contributed by atoms with Crippen LogP contribution in [-0.2, 0) is 13.1 Å². The van der Waals surface area contributed by atoms with Gasteiger partial charge in [-0.25, -0.2) is 9.48 Å². The molecular formula is C22H26N4O2. The quantitative estimate of drug-likeness (QED) is 0.624. The maximum Gasteiger partial charge on any atom is 0.315 e. The summed E-state index contributed by atoms with van der Waals surface area (Å²) in [4.78, 5) is 12.1. The van der Waals surface area contributed by atoms with Crippen molar-refractivity contribution in [3.8, 4) is 11.4 Å². The first-order chi connectivity index (χ1) is 13.6. The van der Waals surface area contributed by atoms with Crippen molar-refractivity contribution in [3.63, 3.8) is 0 Å². The summed E-state index contributed by atoms with van der Waals surface area (Å²) in [5.74, 6) is 1.29. The van der Waals surface area contributed by atoms with E-state index < -0.39 is 0 Å². The summed E-state index contributed by atoms with van der Waals surface area (Å²) in [6.07, 6.45) is 3.62. The fourth-order valence-electron chi connectivity index (χ4n) is 2.67. The zero-order valence-electron chi connectivity index (χ0n) is 16.3. The van der Waals surface area contributed by atoms with Gasteiger partial charge in [-0.3, -0.25) is 0 Å². The first-order valence-corrected chi connectivity index (χ1v) is 9.42. The predicted molar refractivity (Wildman–Crippen MR) is 109 cm³/mol. The van der Waals surface area contributed by atoms with E-state index in [4.69, 9.17) is 4.74 Å². The zero-order valence-corrected chi connectivity index (χ0v) is 16.3. The Morgan fingerprint density at radius 1 is 1.04 bits per heavy atom. The van der Waals surface area contributed by atoms with E-state index in [9.17, 15) is 4.79 Å². The molecule has 0 aliphatic heterocycles. The minimum Gasteiger partial charge on any atom is -0.493 e. The van der Waals surface area contributed by atoms with Gasteiger partial charge in [0.1, 0.15) is 5.75 Å². The lowest BCUT2D eigenvalue weighted by atomic mass is 10.2. The summed E-state index contributed by atoms with van der Waals surface area (Å²) in [6.45, 7) is 5.78. The second-order valence-electron chi connectivity index (χ2n) is 7.01. The Morgan fingerprint density at radius 2 is 1.75 bits per heavy atom. The Hall–Kier alpha value is -3.28. The first-order valence-electron chi connectivity index (χ1n) is 9.42. The smallest absolute Gasteiger partial charge is 0.315 e. The molecule has 0 spiro atoms. The molecule has 3 aromatic rings. The van der Waals surface area contributed by atoms with Crippen LogP contribution in [0.2, 0.25) is 0 Å². The molecule has 0 saturated carbocycles. The van der Waals surface area contributed by atoms with Crippen molar-refractivity contribution in [1.29, 1.82) is 0 Å². The average Bonchev–Trinajstić information content (AvgIpc) is 3.25. The molecule has 0 atom stereocenters. The molecule has 0 fully saturated rings. The SMILES string of the molecule is CC(C)COc1cccc(CNC(=O)NCc2cccc(-n3cccn3)c2)c1. The van der Waals surface area contributed by atoms with Crippen molar-refractivity contribution < 1.29 is 9.53 Å². The molecule has 6 nitrogen and oxygen atoms in total. The number of rotatable bonds is 8. The number of urea groups is 1. The number of amides is 2. The Balaban J connectivity index is 1.47. The van der Waals surface area contributed by atoms with Crippen LogP contribution < -0.4 is 15.4 Å². The second kappa shape index (κ2) is 9.60. The van der Waals surface area contributed by atoms with Crippen molar-refractivity contribution in [1.82, 2.24) is 20.4 Å². The molecule has 2 amide bonds.